The van der Waals surface area contributed by atoms with Gasteiger partial charge in [-0.3, -0.25) is 4.79 Å². The summed E-state index contributed by atoms with van der Waals surface area (Å²) in [4.78, 5) is 14.4. The van der Waals surface area contributed by atoms with Crippen molar-refractivity contribution in [3.05, 3.63) is 36.0 Å². The normalized spacial score (nSPS) is 26.0. The zero-order valence-corrected chi connectivity index (χ0v) is 9.90. The molecule has 0 aliphatic heterocycles. The van der Waals surface area contributed by atoms with Gasteiger partial charge in [-0.25, -0.2) is 0 Å². The smallest absolute Gasteiger partial charge is 0.307 e. The summed E-state index contributed by atoms with van der Waals surface area (Å²) in [5.74, 6) is -0.824. The minimum absolute atomic E-state index is 0.125. The Balaban J connectivity index is 2.12. The van der Waals surface area contributed by atoms with Gasteiger partial charge in [0.05, 0.1) is 5.92 Å². The van der Waals surface area contributed by atoms with E-state index < -0.39 is 5.97 Å². The number of carboxylic acid groups (broad SMARTS) is 1. The van der Waals surface area contributed by atoms with Crippen molar-refractivity contribution in [2.24, 2.45) is 11.3 Å². The van der Waals surface area contributed by atoms with E-state index in [1.165, 1.54) is 0 Å². The van der Waals surface area contributed by atoms with Crippen LogP contribution in [0.3, 0.4) is 0 Å². The van der Waals surface area contributed by atoms with Crippen molar-refractivity contribution in [2.75, 3.05) is 0 Å². The third-order valence-electron chi connectivity index (χ3n) is 4.06. The second-order valence-electron chi connectivity index (χ2n) is 5.40. The number of carbonyl (C=O) groups is 1. The molecule has 88 valence electrons. The summed E-state index contributed by atoms with van der Waals surface area (Å²) in [6, 6.07) is 8.08. The van der Waals surface area contributed by atoms with Crippen LogP contribution in [0, 0.1) is 11.3 Å². The van der Waals surface area contributed by atoms with Crippen molar-refractivity contribution in [3.8, 4) is 0 Å². The van der Waals surface area contributed by atoms with Crippen molar-refractivity contribution in [3.63, 3.8) is 0 Å². The lowest BCUT2D eigenvalue weighted by Crippen LogP contribution is -2.03. The molecule has 0 amide bonds. The number of carboxylic acids is 1. The lowest BCUT2D eigenvalue weighted by atomic mass is 10.00. The summed E-state index contributed by atoms with van der Waals surface area (Å²) in [7, 11) is 0. The van der Waals surface area contributed by atoms with E-state index in [0.717, 1.165) is 16.5 Å². The Hall–Kier alpha value is -1.77. The second kappa shape index (κ2) is 3.13. The maximum Gasteiger partial charge on any atom is 0.307 e. The largest absolute Gasteiger partial charge is 0.481 e. The number of hydrogen-bond donors (Lipinski definition) is 2. The molecule has 2 N–H and O–H groups in total. The van der Waals surface area contributed by atoms with Crippen molar-refractivity contribution < 1.29 is 9.90 Å². The molecular formula is C14H15NO2. The molecule has 2 atom stereocenters. The number of H-pyrrole nitrogens is 1. The van der Waals surface area contributed by atoms with Crippen LogP contribution in [0.4, 0.5) is 0 Å². The third kappa shape index (κ3) is 1.32. The molecule has 0 saturated heterocycles. The molecule has 3 heteroatoms. The second-order valence-corrected chi connectivity index (χ2v) is 5.40. The summed E-state index contributed by atoms with van der Waals surface area (Å²) >= 11 is 0. The first-order valence-corrected chi connectivity index (χ1v) is 5.82. The van der Waals surface area contributed by atoms with E-state index >= 15 is 0 Å². The number of aromatic nitrogens is 1. The first-order valence-electron chi connectivity index (χ1n) is 5.82. The molecule has 1 aromatic heterocycles. The molecule has 1 aliphatic rings. The summed E-state index contributed by atoms with van der Waals surface area (Å²) < 4.78 is 0. The lowest BCUT2D eigenvalue weighted by molar-refractivity contribution is -0.139. The highest BCUT2D eigenvalue weighted by molar-refractivity contribution is 5.87. The van der Waals surface area contributed by atoms with Crippen LogP contribution >= 0.6 is 0 Å². The first-order chi connectivity index (χ1) is 8.03. The average Bonchev–Trinajstić information content (AvgIpc) is 2.65. The molecule has 1 heterocycles. The first kappa shape index (κ1) is 10.4. The van der Waals surface area contributed by atoms with Gasteiger partial charge in [-0.1, -0.05) is 26.0 Å². The molecule has 2 aromatic rings. The van der Waals surface area contributed by atoms with Crippen molar-refractivity contribution in [1.82, 2.24) is 4.98 Å². The van der Waals surface area contributed by atoms with E-state index in [1.807, 2.05) is 44.3 Å². The van der Waals surface area contributed by atoms with Gasteiger partial charge < -0.3 is 10.1 Å². The molecule has 0 unspecified atom stereocenters. The molecule has 0 spiro atoms. The molecule has 0 radical (unpaired) electrons. The standard InChI is InChI=1S/C14H15NO2/c1-14(2)11(12(14)13(16)17)9-4-3-5-10-8(9)6-7-15-10/h3-7,11-12,15H,1-2H3,(H,16,17)/t11-,12+/m1/s1. The van der Waals surface area contributed by atoms with Crippen molar-refractivity contribution >= 4 is 16.9 Å². The number of aliphatic carboxylic acids is 1. The Bertz CT molecular complexity index is 597. The van der Waals surface area contributed by atoms with E-state index in [9.17, 15) is 9.90 Å². The van der Waals surface area contributed by atoms with E-state index in [4.69, 9.17) is 0 Å². The summed E-state index contributed by atoms with van der Waals surface area (Å²) in [6.45, 7) is 4.06. The van der Waals surface area contributed by atoms with Gasteiger partial charge in [-0.05, 0) is 23.1 Å². The van der Waals surface area contributed by atoms with E-state index in [0.29, 0.717) is 0 Å². The van der Waals surface area contributed by atoms with Gasteiger partial charge in [0.2, 0.25) is 0 Å². The van der Waals surface area contributed by atoms with Gasteiger partial charge in [0, 0.05) is 23.0 Å². The molecule has 3 rings (SSSR count). The highest BCUT2D eigenvalue weighted by Crippen LogP contribution is 2.65. The fraction of sp³-hybridized carbons (Fsp3) is 0.357. The van der Waals surface area contributed by atoms with Crippen LogP contribution in [0.25, 0.3) is 10.9 Å². The molecule has 1 aromatic carbocycles. The number of hydrogen-bond acceptors (Lipinski definition) is 1. The third-order valence-corrected chi connectivity index (χ3v) is 4.06. The monoisotopic (exact) mass is 229 g/mol. The summed E-state index contributed by atoms with van der Waals surface area (Å²) in [6.07, 6.45) is 1.90. The fourth-order valence-corrected chi connectivity index (χ4v) is 3.06. The Morgan fingerprint density at radius 3 is 2.76 bits per heavy atom. The summed E-state index contributed by atoms with van der Waals surface area (Å²) in [5.41, 5.74) is 2.09. The SMILES string of the molecule is CC1(C)[C@H](C(=O)O)[C@H]1c1cccc2[nH]ccc12. The predicted molar refractivity (Wildman–Crippen MR) is 65.9 cm³/mol. The summed E-state index contributed by atoms with van der Waals surface area (Å²) in [5, 5.41) is 10.4. The van der Waals surface area contributed by atoms with Crippen LogP contribution in [0.2, 0.25) is 0 Å². The van der Waals surface area contributed by atoms with Gasteiger partial charge in [0.25, 0.3) is 0 Å². The number of aromatic amines is 1. The van der Waals surface area contributed by atoms with Crippen molar-refractivity contribution in [2.45, 2.75) is 19.8 Å². The van der Waals surface area contributed by atoms with E-state index in [-0.39, 0.29) is 17.3 Å². The van der Waals surface area contributed by atoms with Gasteiger partial charge in [0.1, 0.15) is 0 Å². The Labute approximate surface area is 99.5 Å². The predicted octanol–water partition coefficient (Wildman–Crippen LogP) is 2.99. The highest BCUT2D eigenvalue weighted by Gasteiger charge is 2.62. The van der Waals surface area contributed by atoms with Gasteiger partial charge >= 0.3 is 5.97 Å². The number of benzene rings is 1. The average molecular weight is 229 g/mol. The minimum Gasteiger partial charge on any atom is -0.481 e. The van der Waals surface area contributed by atoms with E-state index in [1.54, 1.807) is 0 Å². The Kier molecular flexibility index (Phi) is 1.91. The van der Waals surface area contributed by atoms with E-state index in [2.05, 4.69) is 4.98 Å². The van der Waals surface area contributed by atoms with Crippen LogP contribution in [0.15, 0.2) is 30.5 Å². The number of rotatable bonds is 2. The molecule has 1 aliphatic carbocycles. The van der Waals surface area contributed by atoms with Gasteiger partial charge in [-0.15, -0.1) is 0 Å². The molecule has 1 saturated carbocycles. The molecular weight excluding hydrogens is 214 g/mol. The van der Waals surface area contributed by atoms with Crippen LogP contribution < -0.4 is 0 Å². The number of nitrogens with one attached hydrogen (secondary N) is 1. The molecule has 1 fully saturated rings. The topological polar surface area (TPSA) is 53.1 Å². The van der Waals surface area contributed by atoms with Crippen LogP contribution in [0.5, 0.6) is 0 Å². The quantitative estimate of drug-likeness (QED) is 0.831. The maximum absolute atomic E-state index is 11.2. The highest BCUT2D eigenvalue weighted by atomic mass is 16.4. The Morgan fingerprint density at radius 1 is 1.35 bits per heavy atom. The van der Waals surface area contributed by atoms with Crippen LogP contribution in [-0.4, -0.2) is 16.1 Å². The zero-order chi connectivity index (χ0) is 12.2. The minimum atomic E-state index is -0.687. The molecule has 3 nitrogen and oxygen atoms in total. The fourth-order valence-electron chi connectivity index (χ4n) is 3.06. The lowest BCUT2D eigenvalue weighted by Gasteiger charge is -2.04. The van der Waals surface area contributed by atoms with Crippen molar-refractivity contribution in [1.29, 1.82) is 0 Å². The van der Waals surface area contributed by atoms with Crippen LogP contribution in [-0.2, 0) is 4.79 Å². The maximum atomic E-state index is 11.2. The Morgan fingerprint density at radius 2 is 2.12 bits per heavy atom. The molecule has 0 bridgehead atoms. The van der Waals surface area contributed by atoms with Gasteiger partial charge in [-0.2, -0.15) is 0 Å². The molecule has 17 heavy (non-hydrogen) atoms. The number of fused-ring (bicyclic) bond motifs is 1. The van der Waals surface area contributed by atoms with Gasteiger partial charge in [0.15, 0.2) is 0 Å². The zero-order valence-electron chi connectivity index (χ0n) is 9.90. The van der Waals surface area contributed by atoms with Crippen LogP contribution in [0.1, 0.15) is 25.3 Å².